The molecule has 17 heavy (non-hydrogen) atoms. The second-order valence-electron chi connectivity index (χ2n) is 4.52. The Bertz CT molecular complexity index is 492. The third kappa shape index (κ3) is 2.92. The molecule has 1 aromatic carbocycles. The van der Waals surface area contributed by atoms with Gasteiger partial charge in [0.2, 0.25) is 0 Å². The molecule has 0 saturated carbocycles. The molecule has 0 aliphatic carbocycles. The van der Waals surface area contributed by atoms with Crippen LogP contribution < -0.4 is 5.73 Å². The molecule has 1 unspecified atom stereocenters. The zero-order valence-corrected chi connectivity index (χ0v) is 10.4. The summed E-state index contributed by atoms with van der Waals surface area (Å²) in [6.45, 7) is 4.24. The van der Waals surface area contributed by atoms with E-state index in [0.29, 0.717) is 0 Å². The molecule has 2 N–H and O–H groups in total. The van der Waals surface area contributed by atoms with Crippen molar-refractivity contribution in [2.45, 2.75) is 26.3 Å². The molecule has 0 saturated heterocycles. The lowest BCUT2D eigenvalue weighted by molar-refractivity contribution is 0.718. The summed E-state index contributed by atoms with van der Waals surface area (Å²) in [7, 11) is 0. The van der Waals surface area contributed by atoms with Gasteiger partial charge in [0, 0.05) is 18.4 Å². The highest BCUT2D eigenvalue weighted by Crippen LogP contribution is 2.18. The van der Waals surface area contributed by atoms with Crippen LogP contribution in [0.4, 0.5) is 0 Å². The van der Waals surface area contributed by atoms with Crippen molar-refractivity contribution in [2.24, 2.45) is 5.73 Å². The first kappa shape index (κ1) is 11.8. The van der Waals surface area contributed by atoms with E-state index >= 15 is 0 Å². The predicted octanol–water partition coefficient (Wildman–Crippen LogP) is 2.94. The summed E-state index contributed by atoms with van der Waals surface area (Å²) in [5.41, 5.74) is 11.2. The van der Waals surface area contributed by atoms with Crippen molar-refractivity contribution in [1.82, 2.24) is 4.98 Å². The van der Waals surface area contributed by atoms with Crippen LogP contribution in [0.5, 0.6) is 0 Å². The Morgan fingerprint density at radius 3 is 2.65 bits per heavy atom. The lowest BCUT2D eigenvalue weighted by atomic mass is 9.97. The lowest BCUT2D eigenvalue weighted by Crippen LogP contribution is -2.13. The maximum absolute atomic E-state index is 6.22. The topological polar surface area (TPSA) is 38.9 Å². The van der Waals surface area contributed by atoms with Gasteiger partial charge in [-0.25, -0.2) is 0 Å². The van der Waals surface area contributed by atoms with Gasteiger partial charge in [-0.3, -0.25) is 4.98 Å². The maximum Gasteiger partial charge on any atom is 0.0336 e. The Morgan fingerprint density at radius 2 is 2.00 bits per heavy atom. The van der Waals surface area contributed by atoms with Crippen molar-refractivity contribution in [3.8, 4) is 0 Å². The summed E-state index contributed by atoms with van der Waals surface area (Å²) in [6, 6.07) is 10.5. The normalized spacial score (nSPS) is 12.4. The molecule has 2 heteroatoms. The van der Waals surface area contributed by atoms with Crippen LogP contribution in [0.3, 0.4) is 0 Å². The number of aryl methyl sites for hydroxylation is 2. The zero-order chi connectivity index (χ0) is 12.3. The largest absolute Gasteiger partial charge is 0.324 e. The van der Waals surface area contributed by atoms with Crippen molar-refractivity contribution in [3.63, 3.8) is 0 Å². The van der Waals surface area contributed by atoms with E-state index in [4.69, 9.17) is 5.73 Å². The fourth-order valence-electron chi connectivity index (χ4n) is 1.89. The maximum atomic E-state index is 6.22. The molecule has 2 nitrogen and oxygen atoms in total. The highest BCUT2D eigenvalue weighted by Gasteiger charge is 2.07. The summed E-state index contributed by atoms with van der Waals surface area (Å²) in [5.74, 6) is 0. The Hall–Kier alpha value is -1.67. The first-order valence-corrected chi connectivity index (χ1v) is 5.88. The fraction of sp³-hybridized carbons (Fsp3) is 0.267. The number of aromatic nitrogens is 1. The number of hydrogen-bond donors (Lipinski definition) is 1. The quantitative estimate of drug-likeness (QED) is 0.874. The predicted molar refractivity (Wildman–Crippen MR) is 70.8 cm³/mol. The zero-order valence-electron chi connectivity index (χ0n) is 10.4. The molecule has 1 heterocycles. The van der Waals surface area contributed by atoms with Gasteiger partial charge in [-0.05, 0) is 48.6 Å². The van der Waals surface area contributed by atoms with Gasteiger partial charge in [-0.15, -0.1) is 0 Å². The van der Waals surface area contributed by atoms with Crippen LogP contribution in [0.2, 0.25) is 0 Å². The van der Waals surface area contributed by atoms with E-state index in [-0.39, 0.29) is 6.04 Å². The van der Waals surface area contributed by atoms with E-state index in [2.05, 4.69) is 43.1 Å². The molecule has 0 radical (unpaired) electrons. The van der Waals surface area contributed by atoms with E-state index in [1.54, 1.807) is 6.20 Å². The van der Waals surface area contributed by atoms with Crippen molar-refractivity contribution in [2.75, 3.05) is 0 Å². The van der Waals surface area contributed by atoms with E-state index in [9.17, 15) is 0 Å². The summed E-state index contributed by atoms with van der Waals surface area (Å²) >= 11 is 0. The molecule has 0 spiro atoms. The van der Waals surface area contributed by atoms with Crippen LogP contribution in [0, 0.1) is 13.8 Å². The summed E-state index contributed by atoms with van der Waals surface area (Å²) in [6.07, 6.45) is 4.49. The Kier molecular flexibility index (Phi) is 3.55. The molecule has 0 bridgehead atoms. The van der Waals surface area contributed by atoms with Crippen molar-refractivity contribution < 1.29 is 0 Å². The molecule has 0 fully saturated rings. The standard InChI is InChI=1S/C15H18N2/c1-11-5-6-14(8-12(11)2)15(16)9-13-4-3-7-17-10-13/h3-8,10,15H,9,16H2,1-2H3. The first-order chi connectivity index (χ1) is 8.16. The lowest BCUT2D eigenvalue weighted by Gasteiger charge is -2.13. The monoisotopic (exact) mass is 226 g/mol. The minimum atomic E-state index is 0.0403. The number of rotatable bonds is 3. The molecule has 0 aliphatic heterocycles. The summed E-state index contributed by atoms with van der Waals surface area (Å²) in [4.78, 5) is 4.11. The minimum absolute atomic E-state index is 0.0403. The van der Waals surface area contributed by atoms with Crippen molar-refractivity contribution >= 4 is 0 Å². The second kappa shape index (κ2) is 5.11. The van der Waals surface area contributed by atoms with Crippen LogP contribution in [-0.4, -0.2) is 4.98 Å². The number of nitrogens with two attached hydrogens (primary N) is 1. The minimum Gasteiger partial charge on any atom is -0.324 e. The smallest absolute Gasteiger partial charge is 0.0336 e. The van der Waals surface area contributed by atoms with Crippen molar-refractivity contribution in [3.05, 3.63) is 65.0 Å². The first-order valence-electron chi connectivity index (χ1n) is 5.88. The van der Waals surface area contributed by atoms with Gasteiger partial charge in [0.05, 0.1) is 0 Å². The van der Waals surface area contributed by atoms with Crippen LogP contribution >= 0.6 is 0 Å². The summed E-state index contributed by atoms with van der Waals surface area (Å²) < 4.78 is 0. The average Bonchev–Trinajstić information content (AvgIpc) is 2.34. The van der Waals surface area contributed by atoms with Gasteiger partial charge in [-0.2, -0.15) is 0 Å². The van der Waals surface area contributed by atoms with Crippen LogP contribution in [0.15, 0.2) is 42.7 Å². The van der Waals surface area contributed by atoms with Gasteiger partial charge in [0.1, 0.15) is 0 Å². The number of hydrogen-bond acceptors (Lipinski definition) is 2. The Morgan fingerprint density at radius 1 is 1.18 bits per heavy atom. The van der Waals surface area contributed by atoms with Gasteiger partial charge < -0.3 is 5.73 Å². The van der Waals surface area contributed by atoms with Crippen LogP contribution in [0.25, 0.3) is 0 Å². The van der Waals surface area contributed by atoms with E-state index in [0.717, 1.165) is 6.42 Å². The Labute approximate surface area is 103 Å². The van der Waals surface area contributed by atoms with Gasteiger partial charge in [0.15, 0.2) is 0 Å². The Balaban J connectivity index is 2.14. The molecule has 0 amide bonds. The second-order valence-corrected chi connectivity index (χ2v) is 4.52. The molecule has 0 aliphatic rings. The molecule has 2 aromatic rings. The number of benzene rings is 1. The molecule has 1 atom stereocenters. The molecular formula is C15H18N2. The van der Waals surface area contributed by atoms with Crippen LogP contribution in [-0.2, 0) is 6.42 Å². The van der Waals surface area contributed by atoms with E-state index in [1.807, 2.05) is 12.3 Å². The van der Waals surface area contributed by atoms with E-state index < -0.39 is 0 Å². The van der Waals surface area contributed by atoms with Gasteiger partial charge in [0.25, 0.3) is 0 Å². The summed E-state index contributed by atoms with van der Waals surface area (Å²) in [5, 5.41) is 0. The highest BCUT2D eigenvalue weighted by molar-refractivity contribution is 5.32. The van der Waals surface area contributed by atoms with E-state index in [1.165, 1.54) is 22.3 Å². The highest BCUT2D eigenvalue weighted by atomic mass is 14.6. The third-order valence-corrected chi connectivity index (χ3v) is 3.14. The van der Waals surface area contributed by atoms with Gasteiger partial charge >= 0.3 is 0 Å². The number of pyridine rings is 1. The molecule has 88 valence electrons. The third-order valence-electron chi connectivity index (χ3n) is 3.14. The fourth-order valence-corrected chi connectivity index (χ4v) is 1.89. The van der Waals surface area contributed by atoms with Gasteiger partial charge in [-0.1, -0.05) is 24.3 Å². The SMILES string of the molecule is Cc1ccc(C(N)Cc2cccnc2)cc1C. The molecule has 1 aromatic heterocycles. The van der Waals surface area contributed by atoms with Crippen molar-refractivity contribution in [1.29, 1.82) is 0 Å². The number of nitrogens with zero attached hydrogens (tertiary/aromatic N) is 1. The average molecular weight is 226 g/mol. The van der Waals surface area contributed by atoms with Crippen LogP contribution in [0.1, 0.15) is 28.3 Å². The molecular weight excluding hydrogens is 208 g/mol. The molecule has 2 rings (SSSR count).